The Kier molecular flexibility index (Phi) is 6.92. The molecule has 0 aliphatic carbocycles. The maximum absolute atomic E-state index is 5.72. The van der Waals surface area contributed by atoms with E-state index >= 15 is 0 Å². The Bertz CT molecular complexity index is 944. The van der Waals surface area contributed by atoms with Crippen molar-refractivity contribution in [3.8, 4) is 11.4 Å². The Hall–Kier alpha value is -1.86. The molecule has 0 aliphatic heterocycles. The Labute approximate surface area is 189 Å². The predicted molar refractivity (Wildman–Crippen MR) is 125 cm³/mol. The minimum atomic E-state index is 0.433. The third kappa shape index (κ3) is 4.15. The molecule has 1 heterocycles. The van der Waals surface area contributed by atoms with Crippen LogP contribution in [0.3, 0.4) is 0 Å². The molecular formula is C27H36N2Ni. The van der Waals surface area contributed by atoms with Gasteiger partial charge in [0.25, 0.3) is 0 Å². The second-order valence-electron chi connectivity index (χ2n) is 9.47. The molecule has 0 amide bonds. The van der Waals surface area contributed by atoms with Crippen molar-refractivity contribution in [2.75, 3.05) is 0 Å². The summed E-state index contributed by atoms with van der Waals surface area (Å²) in [6.45, 7) is 18.1. The van der Waals surface area contributed by atoms with E-state index in [0.29, 0.717) is 23.7 Å². The number of para-hydroxylation sites is 2. The van der Waals surface area contributed by atoms with E-state index in [-0.39, 0.29) is 0 Å². The molecule has 0 aliphatic rings. The number of imidazole rings is 1. The zero-order chi connectivity index (χ0) is 22.2. The van der Waals surface area contributed by atoms with Crippen LogP contribution in [-0.2, 0) is 15.0 Å². The summed E-state index contributed by atoms with van der Waals surface area (Å²) in [5.74, 6) is 1.73. The molecule has 0 spiro atoms. The van der Waals surface area contributed by atoms with E-state index in [1.807, 2.05) is 0 Å². The first-order valence-electron chi connectivity index (χ1n) is 11.2. The van der Waals surface area contributed by atoms with E-state index in [0.717, 1.165) is 4.40 Å². The average molecular weight is 447 g/mol. The van der Waals surface area contributed by atoms with Gasteiger partial charge in [-0.05, 0) is 0 Å². The molecule has 0 unspecified atom stereocenters. The molecule has 1 aromatic heterocycles. The van der Waals surface area contributed by atoms with Crippen LogP contribution in [0, 0.1) is 4.40 Å². The van der Waals surface area contributed by atoms with Gasteiger partial charge in [-0.3, -0.25) is 0 Å². The predicted octanol–water partition coefficient (Wildman–Crippen LogP) is 7.84. The zero-order valence-electron chi connectivity index (χ0n) is 19.6. The Morgan fingerprint density at radius 3 is 1.03 bits per heavy atom. The van der Waals surface area contributed by atoms with Crippen LogP contribution in [0.25, 0.3) is 11.4 Å². The monoisotopic (exact) mass is 446 g/mol. The fourth-order valence-electron chi connectivity index (χ4n) is 4.26. The van der Waals surface area contributed by atoms with Crippen molar-refractivity contribution < 1.29 is 15.0 Å². The van der Waals surface area contributed by atoms with Gasteiger partial charge in [-0.25, -0.2) is 0 Å². The van der Waals surface area contributed by atoms with E-state index in [2.05, 4.69) is 113 Å². The van der Waals surface area contributed by atoms with E-state index in [9.17, 15) is 0 Å². The average Bonchev–Trinajstić information content (AvgIpc) is 3.07. The Morgan fingerprint density at radius 2 is 0.800 bits per heavy atom. The normalized spacial score (nSPS) is 12.1. The molecule has 0 saturated carbocycles. The van der Waals surface area contributed by atoms with Gasteiger partial charge in [0, 0.05) is 0 Å². The summed E-state index contributed by atoms with van der Waals surface area (Å²) in [5.41, 5.74) is 7.92. The topological polar surface area (TPSA) is 9.86 Å². The number of hydrogen-bond acceptors (Lipinski definition) is 0. The molecule has 0 N–H and O–H groups in total. The van der Waals surface area contributed by atoms with Crippen LogP contribution < -0.4 is 0 Å². The molecule has 0 saturated heterocycles. The fourth-order valence-corrected chi connectivity index (χ4v) is 4.63. The van der Waals surface area contributed by atoms with Crippen LogP contribution >= 0.6 is 0 Å². The Morgan fingerprint density at radius 1 is 0.533 bits per heavy atom. The van der Waals surface area contributed by atoms with Crippen molar-refractivity contribution in [3.05, 3.63) is 75.4 Å². The number of aromatic nitrogens is 2. The first kappa shape index (κ1) is 22.8. The van der Waals surface area contributed by atoms with Gasteiger partial charge in [-0.15, -0.1) is 0 Å². The molecule has 2 nitrogen and oxygen atoms in total. The van der Waals surface area contributed by atoms with Crippen molar-refractivity contribution in [2.24, 2.45) is 0 Å². The second kappa shape index (κ2) is 9.10. The van der Waals surface area contributed by atoms with Crippen LogP contribution in [0.15, 0.2) is 48.8 Å². The number of nitrogens with zero attached hydrogens (tertiary/aromatic N) is 2. The van der Waals surface area contributed by atoms with Crippen molar-refractivity contribution in [3.63, 3.8) is 0 Å². The SMILES string of the molecule is CC(C)c1cccc(C(C)C)c1-n1ccn(-c2c(C(C)C)cccc2C(C)C)[c]1=[Ni]. The maximum atomic E-state index is 5.72. The molecule has 0 bridgehead atoms. The quantitative estimate of drug-likeness (QED) is 0.341. The zero-order valence-corrected chi connectivity index (χ0v) is 20.6. The van der Waals surface area contributed by atoms with E-state index < -0.39 is 0 Å². The summed E-state index contributed by atoms with van der Waals surface area (Å²) in [6.07, 6.45) is 4.32. The second-order valence-corrected chi connectivity index (χ2v) is 9.91. The summed E-state index contributed by atoms with van der Waals surface area (Å²) in [4.78, 5) is 0. The molecule has 0 fully saturated rings. The van der Waals surface area contributed by atoms with Gasteiger partial charge in [0.2, 0.25) is 0 Å². The van der Waals surface area contributed by atoms with Crippen LogP contribution in [-0.4, -0.2) is 9.13 Å². The molecular weight excluding hydrogens is 411 g/mol. The number of hydrogen-bond donors (Lipinski definition) is 0. The number of benzene rings is 2. The van der Waals surface area contributed by atoms with Gasteiger partial charge < -0.3 is 0 Å². The third-order valence-electron chi connectivity index (χ3n) is 5.90. The van der Waals surface area contributed by atoms with Crippen molar-refractivity contribution in [1.29, 1.82) is 0 Å². The van der Waals surface area contributed by atoms with Gasteiger partial charge in [0.05, 0.1) is 0 Å². The molecule has 3 heteroatoms. The van der Waals surface area contributed by atoms with Crippen LogP contribution in [0.4, 0.5) is 0 Å². The standard InChI is InChI=1S/C27H36N2.Ni/c1-18(2)22-11-9-12-23(19(3)4)26(22)28-15-16-29(17-28)27-24(20(5)6)13-10-14-25(27)21(7)8;/h9-16,18-21H,1-8H3;. The minimum absolute atomic E-state index is 0.433. The third-order valence-corrected chi connectivity index (χ3v) is 6.38. The van der Waals surface area contributed by atoms with Crippen LogP contribution in [0.5, 0.6) is 0 Å². The van der Waals surface area contributed by atoms with E-state index in [1.54, 1.807) is 0 Å². The van der Waals surface area contributed by atoms with Gasteiger partial charge in [0.1, 0.15) is 0 Å². The summed E-state index contributed by atoms with van der Waals surface area (Å²) in [6, 6.07) is 13.4. The summed E-state index contributed by atoms with van der Waals surface area (Å²) in [5, 5.41) is 0. The summed E-state index contributed by atoms with van der Waals surface area (Å²) < 4.78 is 5.36. The van der Waals surface area contributed by atoms with Crippen LogP contribution in [0.1, 0.15) is 101 Å². The van der Waals surface area contributed by atoms with Crippen molar-refractivity contribution >= 4 is 0 Å². The molecule has 2 aromatic carbocycles. The fraction of sp³-hybridized carbons (Fsp3) is 0.444. The first-order chi connectivity index (χ1) is 14.1. The molecule has 3 aromatic rings. The van der Waals surface area contributed by atoms with Gasteiger partial charge >= 0.3 is 190 Å². The van der Waals surface area contributed by atoms with Crippen molar-refractivity contribution in [2.45, 2.75) is 79.1 Å². The molecule has 164 valence electrons. The Balaban J connectivity index is 2.33. The summed E-state index contributed by atoms with van der Waals surface area (Å²) >= 11 is 5.72. The first-order valence-corrected chi connectivity index (χ1v) is 11.7. The van der Waals surface area contributed by atoms with E-state index in [4.69, 9.17) is 15.0 Å². The molecule has 0 radical (unpaired) electrons. The van der Waals surface area contributed by atoms with Crippen LogP contribution in [0.2, 0.25) is 0 Å². The van der Waals surface area contributed by atoms with E-state index in [1.165, 1.54) is 33.6 Å². The number of rotatable bonds is 6. The summed E-state index contributed by atoms with van der Waals surface area (Å²) in [7, 11) is 0. The van der Waals surface area contributed by atoms with Gasteiger partial charge in [-0.1, -0.05) is 0 Å². The van der Waals surface area contributed by atoms with Crippen molar-refractivity contribution in [1.82, 2.24) is 9.13 Å². The molecule has 30 heavy (non-hydrogen) atoms. The molecule has 0 atom stereocenters. The van der Waals surface area contributed by atoms with Gasteiger partial charge in [0.15, 0.2) is 0 Å². The van der Waals surface area contributed by atoms with Gasteiger partial charge in [-0.2, -0.15) is 0 Å². The molecule has 3 rings (SSSR count).